The Balaban J connectivity index is 2.97. The lowest BCUT2D eigenvalue weighted by Crippen LogP contribution is -2.36. The predicted octanol–water partition coefficient (Wildman–Crippen LogP) is 1.53. The number of carbonyl (C=O) groups is 1. The van der Waals surface area contributed by atoms with Gasteiger partial charge in [0.15, 0.2) is 0 Å². The molecule has 0 atom stereocenters. The van der Waals surface area contributed by atoms with E-state index < -0.39 is 15.4 Å². The first-order chi connectivity index (χ1) is 7.79. The largest absolute Gasteiger partial charge is 0.303 e. The van der Waals surface area contributed by atoms with Crippen LogP contribution in [0.3, 0.4) is 0 Å². The number of nitrogens with zero attached hydrogens (tertiary/aromatic N) is 1. The van der Waals surface area contributed by atoms with E-state index in [-0.39, 0.29) is 11.4 Å². The van der Waals surface area contributed by atoms with Gasteiger partial charge in [-0.1, -0.05) is 32.0 Å². The molecular weight excluding hydrogens is 238 g/mol. The smallest absolute Gasteiger partial charge is 0.242 e. The zero-order valence-electron chi connectivity index (χ0n) is 10.3. The molecule has 0 bridgehead atoms. The molecule has 94 valence electrons. The van der Waals surface area contributed by atoms with Crippen molar-refractivity contribution in [2.24, 2.45) is 5.41 Å². The molecule has 1 rings (SSSR count). The zero-order valence-corrected chi connectivity index (χ0v) is 11.1. The normalized spacial score (nSPS) is 12.7. The Labute approximate surface area is 102 Å². The Morgan fingerprint density at radius 3 is 2.24 bits per heavy atom. The van der Waals surface area contributed by atoms with Crippen LogP contribution >= 0.6 is 0 Å². The third kappa shape index (κ3) is 3.38. The highest BCUT2D eigenvalue weighted by Crippen LogP contribution is 2.19. The quantitative estimate of drug-likeness (QED) is 0.750. The van der Waals surface area contributed by atoms with Gasteiger partial charge in [-0.05, 0) is 12.1 Å². The minimum atomic E-state index is -3.51. The van der Waals surface area contributed by atoms with E-state index in [1.54, 1.807) is 44.2 Å². The lowest BCUT2D eigenvalue weighted by molar-refractivity contribution is -0.114. The van der Waals surface area contributed by atoms with E-state index in [4.69, 9.17) is 0 Å². The third-order valence-corrected chi connectivity index (χ3v) is 4.22. The average molecular weight is 255 g/mol. The molecule has 0 N–H and O–H groups in total. The number of rotatable bonds is 5. The van der Waals surface area contributed by atoms with Crippen molar-refractivity contribution in [1.82, 2.24) is 4.31 Å². The molecule has 17 heavy (non-hydrogen) atoms. The van der Waals surface area contributed by atoms with Gasteiger partial charge in [-0.2, -0.15) is 4.31 Å². The summed E-state index contributed by atoms with van der Waals surface area (Å²) < 4.78 is 25.5. The van der Waals surface area contributed by atoms with Crippen LogP contribution in [-0.2, 0) is 14.8 Å². The number of benzene rings is 1. The first-order valence-corrected chi connectivity index (χ1v) is 6.71. The SMILES string of the molecule is CN(CC(C)(C)C=O)S(=O)(=O)c1ccccc1. The molecule has 1 aromatic rings. The second kappa shape index (κ2) is 4.98. The number of aldehydes is 1. The van der Waals surface area contributed by atoms with E-state index in [1.807, 2.05) is 0 Å². The van der Waals surface area contributed by atoms with Crippen molar-refractivity contribution in [3.05, 3.63) is 30.3 Å². The summed E-state index contributed by atoms with van der Waals surface area (Å²) in [4.78, 5) is 11.0. The summed E-state index contributed by atoms with van der Waals surface area (Å²) in [6.45, 7) is 3.57. The first kappa shape index (κ1) is 13.9. The molecule has 1 aromatic carbocycles. The van der Waals surface area contributed by atoms with Crippen molar-refractivity contribution >= 4 is 16.3 Å². The summed E-state index contributed by atoms with van der Waals surface area (Å²) in [7, 11) is -2.03. The zero-order chi connectivity index (χ0) is 13.1. The van der Waals surface area contributed by atoms with Gasteiger partial charge in [0.05, 0.1) is 4.90 Å². The molecule has 0 aliphatic heterocycles. The van der Waals surface area contributed by atoms with Gasteiger partial charge in [0.2, 0.25) is 10.0 Å². The van der Waals surface area contributed by atoms with Crippen molar-refractivity contribution in [3.63, 3.8) is 0 Å². The summed E-state index contributed by atoms with van der Waals surface area (Å²) in [5.74, 6) is 0. The summed E-state index contributed by atoms with van der Waals surface area (Å²) >= 11 is 0. The maximum Gasteiger partial charge on any atom is 0.242 e. The molecule has 0 unspecified atom stereocenters. The molecule has 0 fully saturated rings. The van der Waals surface area contributed by atoms with Gasteiger partial charge in [0.25, 0.3) is 0 Å². The van der Waals surface area contributed by atoms with Crippen molar-refractivity contribution in [1.29, 1.82) is 0 Å². The van der Waals surface area contributed by atoms with Crippen LogP contribution < -0.4 is 0 Å². The van der Waals surface area contributed by atoms with Crippen molar-refractivity contribution in [2.75, 3.05) is 13.6 Å². The fourth-order valence-corrected chi connectivity index (χ4v) is 2.83. The number of hydrogen-bond donors (Lipinski definition) is 0. The Hall–Kier alpha value is -1.20. The lowest BCUT2D eigenvalue weighted by Gasteiger charge is -2.24. The lowest BCUT2D eigenvalue weighted by atomic mass is 9.96. The molecule has 0 aromatic heterocycles. The van der Waals surface area contributed by atoms with E-state index >= 15 is 0 Å². The van der Waals surface area contributed by atoms with Crippen LogP contribution in [0.25, 0.3) is 0 Å². The molecular formula is C12H17NO3S. The van der Waals surface area contributed by atoms with Gasteiger partial charge in [-0.3, -0.25) is 0 Å². The molecule has 0 aliphatic carbocycles. The number of carbonyl (C=O) groups excluding carboxylic acids is 1. The Bertz CT molecular complexity index is 480. The average Bonchev–Trinajstić information content (AvgIpc) is 2.29. The molecule has 5 heteroatoms. The fourth-order valence-electron chi connectivity index (χ4n) is 1.47. The minimum Gasteiger partial charge on any atom is -0.303 e. The molecule has 0 saturated carbocycles. The second-order valence-electron chi connectivity index (χ2n) is 4.68. The Morgan fingerprint density at radius 2 is 1.76 bits per heavy atom. The van der Waals surface area contributed by atoms with Crippen LogP contribution in [0.15, 0.2) is 35.2 Å². The molecule has 0 radical (unpaired) electrons. The summed E-state index contributed by atoms with van der Waals surface area (Å²) in [5, 5.41) is 0. The highest BCUT2D eigenvalue weighted by Gasteiger charge is 2.27. The van der Waals surface area contributed by atoms with Gasteiger partial charge in [-0.15, -0.1) is 0 Å². The molecule has 4 nitrogen and oxygen atoms in total. The van der Waals surface area contributed by atoms with Crippen LogP contribution in [-0.4, -0.2) is 32.6 Å². The van der Waals surface area contributed by atoms with Crippen LogP contribution in [0, 0.1) is 5.41 Å². The topological polar surface area (TPSA) is 54.5 Å². The van der Waals surface area contributed by atoms with E-state index in [9.17, 15) is 13.2 Å². The summed E-state index contributed by atoms with van der Waals surface area (Å²) in [6, 6.07) is 8.19. The predicted molar refractivity (Wildman–Crippen MR) is 66.1 cm³/mol. The summed E-state index contributed by atoms with van der Waals surface area (Å²) in [6.07, 6.45) is 0.768. The second-order valence-corrected chi connectivity index (χ2v) is 6.73. The van der Waals surface area contributed by atoms with E-state index in [1.165, 1.54) is 11.4 Å². The molecule has 0 saturated heterocycles. The monoisotopic (exact) mass is 255 g/mol. The maximum absolute atomic E-state index is 12.1. The highest BCUT2D eigenvalue weighted by molar-refractivity contribution is 7.89. The van der Waals surface area contributed by atoms with E-state index in [2.05, 4.69) is 0 Å². The van der Waals surface area contributed by atoms with E-state index in [0.29, 0.717) is 0 Å². The van der Waals surface area contributed by atoms with Crippen LogP contribution in [0.4, 0.5) is 0 Å². The first-order valence-electron chi connectivity index (χ1n) is 5.27. The minimum absolute atomic E-state index is 0.160. The molecule has 0 amide bonds. The van der Waals surface area contributed by atoms with E-state index in [0.717, 1.165) is 6.29 Å². The van der Waals surface area contributed by atoms with Crippen LogP contribution in [0.5, 0.6) is 0 Å². The fraction of sp³-hybridized carbons (Fsp3) is 0.417. The number of sulfonamides is 1. The Morgan fingerprint density at radius 1 is 1.24 bits per heavy atom. The van der Waals surface area contributed by atoms with Crippen molar-refractivity contribution in [3.8, 4) is 0 Å². The number of hydrogen-bond acceptors (Lipinski definition) is 3. The summed E-state index contributed by atoms with van der Waals surface area (Å²) in [5.41, 5.74) is -0.684. The van der Waals surface area contributed by atoms with Gasteiger partial charge in [0.1, 0.15) is 6.29 Å². The standard InChI is InChI=1S/C12H17NO3S/c1-12(2,10-14)9-13(3)17(15,16)11-7-5-4-6-8-11/h4-8,10H,9H2,1-3H3. The molecule has 0 spiro atoms. The van der Waals surface area contributed by atoms with Crippen molar-refractivity contribution < 1.29 is 13.2 Å². The van der Waals surface area contributed by atoms with Gasteiger partial charge < -0.3 is 4.79 Å². The molecule has 0 heterocycles. The van der Waals surface area contributed by atoms with Gasteiger partial charge >= 0.3 is 0 Å². The van der Waals surface area contributed by atoms with Crippen LogP contribution in [0.1, 0.15) is 13.8 Å². The Kier molecular flexibility index (Phi) is 4.06. The third-order valence-electron chi connectivity index (χ3n) is 2.40. The maximum atomic E-state index is 12.1. The molecule has 0 aliphatic rings. The highest BCUT2D eigenvalue weighted by atomic mass is 32.2. The van der Waals surface area contributed by atoms with Crippen LogP contribution in [0.2, 0.25) is 0 Å². The van der Waals surface area contributed by atoms with Gasteiger partial charge in [-0.25, -0.2) is 8.42 Å². The van der Waals surface area contributed by atoms with Crippen molar-refractivity contribution in [2.45, 2.75) is 18.7 Å². The van der Waals surface area contributed by atoms with Gasteiger partial charge in [0, 0.05) is 19.0 Å².